The molecule has 1 saturated heterocycles. The van der Waals surface area contributed by atoms with Crippen LogP contribution in [0.2, 0.25) is 0 Å². The summed E-state index contributed by atoms with van der Waals surface area (Å²) in [6.07, 6.45) is 0. The number of nitrogens with two attached hydrogens (primary N) is 1. The van der Waals surface area contributed by atoms with Crippen molar-refractivity contribution in [3.05, 3.63) is 29.3 Å². The van der Waals surface area contributed by atoms with Crippen molar-refractivity contribution < 1.29 is 19.0 Å². The van der Waals surface area contributed by atoms with Gasteiger partial charge in [-0.1, -0.05) is 11.6 Å². The number of hydrogen-bond donors (Lipinski definition) is 1. The number of ether oxygens (including phenoxy) is 3. The third kappa shape index (κ3) is 2.63. The van der Waals surface area contributed by atoms with Crippen LogP contribution >= 0.6 is 0 Å². The monoisotopic (exact) mass is 251 g/mol. The molecule has 0 bridgehead atoms. The molecule has 1 aromatic rings. The number of esters is 1. The van der Waals surface area contributed by atoms with Gasteiger partial charge in [0.15, 0.2) is 0 Å². The van der Waals surface area contributed by atoms with Crippen molar-refractivity contribution >= 4 is 5.97 Å². The van der Waals surface area contributed by atoms with Crippen molar-refractivity contribution in [1.82, 2.24) is 0 Å². The van der Waals surface area contributed by atoms with Gasteiger partial charge in [0.25, 0.3) is 0 Å². The second-order valence-electron chi connectivity index (χ2n) is 4.64. The number of hydrogen-bond acceptors (Lipinski definition) is 5. The standard InChI is InChI=1S/C13H17NO4/c1-9-3-4-11(10(5-9)12(15)16-2)18-8-13(14)6-17-7-13/h3-5H,6-8,14H2,1-2H3. The lowest BCUT2D eigenvalue weighted by molar-refractivity contribution is -0.0723. The van der Waals surface area contributed by atoms with Crippen LogP contribution in [0.3, 0.4) is 0 Å². The fourth-order valence-corrected chi connectivity index (χ4v) is 1.71. The Labute approximate surface area is 106 Å². The van der Waals surface area contributed by atoms with Gasteiger partial charge in [-0.05, 0) is 19.1 Å². The molecule has 0 atom stereocenters. The summed E-state index contributed by atoms with van der Waals surface area (Å²) in [5, 5.41) is 0. The fourth-order valence-electron chi connectivity index (χ4n) is 1.71. The highest BCUT2D eigenvalue weighted by Crippen LogP contribution is 2.23. The van der Waals surface area contributed by atoms with E-state index in [0.29, 0.717) is 31.1 Å². The average molecular weight is 251 g/mol. The Balaban J connectivity index is 2.13. The molecule has 2 N–H and O–H groups in total. The molecule has 1 aliphatic rings. The molecule has 0 aromatic heterocycles. The number of carbonyl (C=O) groups excluding carboxylic acids is 1. The topological polar surface area (TPSA) is 70.8 Å². The lowest BCUT2D eigenvalue weighted by Crippen LogP contribution is -2.61. The highest BCUT2D eigenvalue weighted by molar-refractivity contribution is 5.92. The van der Waals surface area contributed by atoms with E-state index < -0.39 is 11.5 Å². The van der Waals surface area contributed by atoms with Gasteiger partial charge >= 0.3 is 5.97 Å². The van der Waals surface area contributed by atoms with E-state index in [9.17, 15) is 4.79 Å². The normalized spacial score (nSPS) is 16.8. The molecule has 0 spiro atoms. The highest BCUT2D eigenvalue weighted by atomic mass is 16.5. The Bertz CT molecular complexity index is 454. The number of carbonyl (C=O) groups is 1. The molecule has 5 nitrogen and oxygen atoms in total. The van der Waals surface area contributed by atoms with Crippen molar-refractivity contribution in [3.8, 4) is 5.75 Å². The molecule has 1 heterocycles. The smallest absolute Gasteiger partial charge is 0.341 e. The summed E-state index contributed by atoms with van der Waals surface area (Å²) in [5.74, 6) is 0.0776. The van der Waals surface area contributed by atoms with Crippen molar-refractivity contribution in [1.29, 1.82) is 0 Å². The molecule has 0 amide bonds. The van der Waals surface area contributed by atoms with Gasteiger partial charge in [-0.2, -0.15) is 0 Å². The maximum Gasteiger partial charge on any atom is 0.341 e. The summed E-state index contributed by atoms with van der Waals surface area (Å²) in [7, 11) is 1.35. The number of benzene rings is 1. The Morgan fingerprint density at radius 2 is 2.22 bits per heavy atom. The summed E-state index contributed by atoms with van der Waals surface area (Å²) in [6.45, 7) is 3.18. The fraction of sp³-hybridized carbons (Fsp3) is 0.462. The average Bonchev–Trinajstić information content (AvgIpc) is 2.34. The van der Waals surface area contributed by atoms with Gasteiger partial charge in [0.2, 0.25) is 0 Å². The van der Waals surface area contributed by atoms with Crippen LogP contribution in [0.25, 0.3) is 0 Å². The minimum absolute atomic E-state index is 0.319. The third-order valence-electron chi connectivity index (χ3n) is 2.83. The summed E-state index contributed by atoms with van der Waals surface area (Å²) in [5.41, 5.74) is 6.91. The van der Waals surface area contributed by atoms with E-state index in [0.717, 1.165) is 5.56 Å². The number of rotatable bonds is 4. The Hall–Kier alpha value is -1.59. The molecular formula is C13H17NO4. The molecule has 5 heteroatoms. The zero-order valence-corrected chi connectivity index (χ0v) is 10.6. The van der Waals surface area contributed by atoms with E-state index in [1.54, 1.807) is 12.1 Å². The Morgan fingerprint density at radius 1 is 1.50 bits per heavy atom. The van der Waals surface area contributed by atoms with E-state index in [1.807, 2.05) is 13.0 Å². The first kappa shape index (κ1) is 12.9. The molecule has 0 aliphatic carbocycles. The zero-order chi connectivity index (χ0) is 13.2. The van der Waals surface area contributed by atoms with Gasteiger partial charge in [0.1, 0.15) is 17.9 Å². The number of aryl methyl sites for hydroxylation is 1. The van der Waals surface area contributed by atoms with Crippen LogP contribution in [0.5, 0.6) is 5.75 Å². The lowest BCUT2D eigenvalue weighted by atomic mass is 10.0. The van der Waals surface area contributed by atoms with Gasteiger partial charge in [-0.25, -0.2) is 4.79 Å². The first-order valence-corrected chi connectivity index (χ1v) is 5.72. The van der Waals surface area contributed by atoms with E-state index in [4.69, 9.17) is 19.9 Å². The van der Waals surface area contributed by atoms with Gasteiger partial charge in [0, 0.05) is 0 Å². The van der Waals surface area contributed by atoms with Crippen molar-refractivity contribution in [2.75, 3.05) is 26.9 Å². The largest absolute Gasteiger partial charge is 0.491 e. The molecule has 0 saturated carbocycles. The summed E-state index contributed by atoms with van der Waals surface area (Å²) >= 11 is 0. The summed E-state index contributed by atoms with van der Waals surface area (Å²) in [6, 6.07) is 5.37. The molecule has 2 rings (SSSR count). The Morgan fingerprint density at radius 3 is 2.78 bits per heavy atom. The maximum absolute atomic E-state index is 11.6. The molecule has 18 heavy (non-hydrogen) atoms. The first-order chi connectivity index (χ1) is 8.54. The number of methoxy groups -OCH3 is 1. The van der Waals surface area contributed by atoms with Crippen LogP contribution in [0.15, 0.2) is 18.2 Å². The molecule has 0 unspecified atom stereocenters. The lowest BCUT2D eigenvalue weighted by Gasteiger charge is -2.37. The minimum atomic E-state index is -0.446. The van der Waals surface area contributed by atoms with E-state index in [1.165, 1.54) is 7.11 Å². The minimum Gasteiger partial charge on any atom is -0.491 e. The van der Waals surface area contributed by atoms with Crippen LogP contribution in [0.4, 0.5) is 0 Å². The molecule has 1 aromatic carbocycles. The van der Waals surface area contributed by atoms with E-state index >= 15 is 0 Å². The second-order valence-corrected chi connectivity index (χ2v) is 4.64. The van der Waals surface area contributed by atoms with Crippen molar-refractivity contribution in [2.24, 2.45) is 5.73 Å². The van der Waals surface area contributed by atoms with E-state index in [2.05, 4.69) is 0 Å². The Kier molecular flexibility index (Phi) is 3.54. The maximum atomic E-state index is 11.6. The molecule has 0 radical (unpaired) electrons. The van der Waals surface area contributed by atoms with Crippen LogP contribution < -0.4 is 10.5 Å². The van der Waals surface area contributed by atoms with Crippen molar-refractivity contribution in [3.63, 3.8) is 0 Å². The summed E-state index contributed by atoms with van der Waals surface area (Å²) < 4.78 is 15.4. The third-order valence-corrected chi connectivity index (χ3v) is 2.83. The van der Waals surface area contributed by atoms with Gasteiger partial charge < -0.3 is 19.9 Å². The molecule has 1 fully saturated rings. The summed E-state index contributed by atoms with van der Waals surface area (Å²) in [4.78, 5) is 11.6. The van der Waals surface area contributed by atoms with Gasteiger partial charge in [-0.15, -0.1) is 0 Å². The predicted molar refractivity (Wildman–Crippen MR) is 65.8 cm³/mol. The van der Waals surface area contributed by atoms with Crippen LogP contribution in [-0.4, -0.2) is 38.4 Å². The predicted octanol–water partition coefficient (Wildman–Crippen LogP) is 0.888. The molecule has 98 valence electrons. The highest BCUT2D eigenvalue weighted by Gasteiger charge is 2.35. The van der Waals surface area contributed by atoms with Crippen LogP contribution in [0.1, 0.15) is 15.9 Å². The quantitative estimate of drug-likeness (QED) is 0.805. The molecular weight excluding hydrogens is 234 g/mol. The van der Waals surface area contributed by atoms with Crippen LogP contribution in [0, 0.1) is 6.92 Å². The van der Waals surface area contributed by atoms with Gasteiger partial charge in [-0.3, -0.25) is 0 Å². The SMILES string of the molecule is COC(=O)c1cc(C)ccc1OCC1(N)COC1. The van der Waals surface area contributed by atoms with Crippen molar-refractivity contribution in [2.45, 2.75) is 12.5 Å². The van der Waals surface area contributed by atoms with Gasteiger partial charge in [0.05, 0.1) is 25.9 Å². The first-order valence-electron chi connectivity index (χ1n) is 5.72. The zero-order valence-electron chi connectivity index (χ0n) is 10.6. The molecule has 1 aliphatic heterocycles. The second kappa shape index (κ2) is 4.96. The van der Waals surface area contributed by atoms with E-state index in [-0.39, 0.29) is 0 Å². The van der Waals surface area contributed by atoms with Crippen LogP contribution in [-0.2, 0) is 9.47 Å².